The van der Waals surface area contributed by atoms with E-state index >= 15 is 0 Å². The van der Waals surface area contributed by atoms with Gasteiger partial charge < -0.3 is 9.64 Å². The van der Waals surface area contributed by atoms with Crippen LogP contribution in [-0.2, 0) is 16.0 Å². The summed E-state index contributed by atoms with van der Waals surface area (Å²) in [4.78, 5) is 26.2. The van der Waals surface area contributed by atoms with E-state index in [-0.39, 0.29) is 24.2 Å². The number of nitrogens with zero attached hydrogens (tertiary/aromatic N) is 3. The van der Waals surface area contributed by atoms with Crippen LogP contribution in [0, 0.1) is 0 Å². The number of hydrogen-bond donors (Lipinski definition) is 0. The summed E-state index contributed by atoms with van der Waals surface area (Å²) in [7, 11) is 0. The monoisotopic (exact) mass is 327 g/mol. The summed E-state index contributed by atoms with van der Waals surface area (Å²) in [6.07, 6.45) is 3.60. The first-order valence-corrected chi connectivity index (χ1v) is 8.17. The van der Waals surface area contributed by atoms with Crippen LogP contribution in [0.4, 0.5) is 5.69 Å². The molecule has 6 nitrogen and oxygen atoms in total. The highest BCUT2D eigenvalue weighted by Gasteiger charge is 2.23. The van der Waals surface area contributed by atoms with Crippen LogP contribution in [0.25, 0.3) is 0 Å². The SMILES string of the molecule is CC(C)n1ccc(C(=O)OCC(=O)N2CCCc3ccccc32)n1. The van der Waals surface area contributed by atoms with Crippen molar-refractivity contribution in [3.63, 3.8) is 0 Å². The minimum Gasteiger partial charge on any atom is -0.451 e. The fraction of sp³-hybridized carbons (Fsp3) is 0.389. The smallest absolute Gasteiger partial charge is 0.359 e. The van der Waals surface area contributed by atoms with E-state index in [4.69, 9.17) is 4.74 Å². The molecule has 0 unspecified atom stereocenters. The zero-order valence-corrected chi connectivity index (χ0v) is 13.9. The van der Waals surface area contributed by atoms with Crippen LogP contribution < -0.4 is 4.90 Å². The van der Waals surface area contributed by atoms with E-state index in [0.29, 0.717) is 6.54 Å². The number of esters is 1. The Balaban J connectivity index is 1.62. The third-order valence-corrected chi connectivity index (χ3v) is 4.08. The predicted octanol–water partition coefficient (Wildman–Crippen LogP) is 2.60. The Hall–Kier alpha value is -2.63. The van der Waals surface area contributed by atoms with Gasteiger partial charge in [0.05, 0.1) is 0 Å². The van der Waals surface area contributed by atoms with E-state index in [1.807, 2.05) is 38.1 Å². The van der Waals surface area contributed by atoms with Gasteiger partial charge in [-0.05, 0) is 44.4 Å². The molecule has 2 heterocycles. The fourth-order valence-corrected chi connectivity index (χ4v) is 2.81. The van der Waals surface area contributed by atoms with Crippen molar-refractivity contribution in [3.05, 3.63) is 47.8 Å². The van der Waals surface area contributed by atoms with Gasteiger partial charge in [-0.1, -0.05) is 18.2 Å². The number of fused-ring (bicyclic) bond motifs is 1. The van der Waals surface area contributed by atoms with Crippen LogP contribution in [0.2, 0.25) is 0 Å². The molecule has 1 aliphatic rings. The molecule has 126 valence electrons. The third-order valence-electron chi connectivity index (χ3n) is 4.08. The number of carbonyl (C=O) groups excluding carboxylic acids is 2. The topological polar surface area (TPSA) is 64.4 Å². The van der Waals surface area contributed by atoms with Crippen molar-refractivity contribution in [1.82, 2.24) is 9.78 Å². The number of ether oxygens (including phenoxy) is 1. The Morgan fingerprint density at radius 2 is 2.04 bits per heavy atom. The lowest BCUT2D eigenvalue weighted by Crippen LogP contribution is -2.38. The molecule has 3 rings (SSSR count). The van der Waals surface area contributed by atoms with Gasteiger partial charge in [-0.2, -0.15) is 5.10 Å². The van der Waals surface area contributed by atoms with Crippen LogP contribution in [0.3, 0.4) is 0 Å². The van der Waals surface area contributed by atoms with E-state index < -0.39 is 5.97 Å². The molecule has 0 atom stereocenters. The van der Waals surface area contributed by atoms with Crippen molar-refractivity contribution in [2.75, 3.05) is 18.1 Å². The zero-order chi connectivity index (χ0) is 17.1. The van der Waals surface area contributed by atoms with Crippen molar-refractivity contribution in [2.24, 2.45) is 0 Å². The number of anilines is 1. The quantitative estimate of drug-likeness (QED) is 0.810. The van der Waals surface area contributed by atoms with Crippen LogP contribution >= 0.6 is 0 Å². The molecule has 24 heavy (non-hydrogen) atoms. The van der Waals surface area contributed by atoms with Crippen molar-refractivity contribution < 1.29 is 14.3 Å². The first kappa shape index (κ1) is 16.2. The molecule has 0 N–H and O–H groups in total. The first-order chi connectivity index (χ1) is 11.6. The number of benzene rings is 1. The maximum Gasteiger partial charge on any atom is 0.359 e. The number of para-hydroxylation sites is 1. The second kappa shape index (κ2) is 6.86. The minimum absolute atomic E-state index is 0.165. The second-order valence-corrected chi connectivity index (χ2v) is 6.13. The number of aromatic nitrogens is 2. The Morgan fingerprint density at radius 3 is 2.79 bits per heavy atom. The molecule has 6 heteroatoms. The molecule has 1 aliphatic heterocycles. The van der Waals surface area contributed by atoms with Crippen molar-refractivity contribution in [1.29, 1.82) is 0 Å². The van der Waals surface area contributed by atoms with Crippen LogP contribution in [0.15, 0.2) is 36.5 Å². The standard InChI is InChI=1S/C18H21N3O3/c1-13(2)21-11-9-15(19-21)18(23)24-12-17(22)20-10-5-7-14-6-3-4-8-16(14)20/h3-4,6,8-9,11,13H,5,7,10,12H2,1-2H3. The molecule has 1 aromatic carbocycles. The Bertz CT molecular complexity index is 751. The van der Waals surface area contributed by atoms with E-state index in [0.717, 1.165) is 24.1 Å². The number of carbonyl (C=O) groups is 2. The summed E-state index contributed by atoms with van der Waals surface area (Å²) in [5.41, 5.74) is 2.28. The lowest BCUT2D eigenvalue weighted by Gasteiger charge is -2.29. The third kappa shape index (κ3) is 3.32. The average Bonchev–Trinajstić information content (AvgIpc) is 3.09. The maximum atomic E-state index is 12.4. The summed E-state index contributed by atoms with van der Waals surface area (Å²) in [5.74, 6) is -0.785. The van der Waals surface area contributed by atoms with Crippen LogP contribution in [0.1, 0.15) is 42.4 Å². The second-order valence-electron chi connectivity index (χ2n) is 6.13. The number of rotatable bonds is 4. The molecule has 0 aliphatic carbocycles. The lowest BCUT2D eigenvalue weighted by atomic mass is 10.0. The molecule has 0 bridgehead atoms. The minimum atomic E-state index is -0.576. The van der Waals surface area contributed by atoms with Gasteiger partial charge in [0, 0.05) is 24.5 Å². The molecule has 1 aromatic heterocycles. The van der Waals surface area contributed by atoms with E-state index in [1.165, 1.54) is 0 Å². The lowest BCUT2D eigenvalue weighted by molar-refractivity contribution is -0.121. The van der Waals surface area contributed by atoms with Crippen molar-refractivity contribution in [2.45, 2.75) is 32.7 Å². The highest BCUT2D eigenvalue weighted by molar-refractivity contribution is 5.97. The van der Waals surface area contributed by atoms with E-state index in [2.05, 4.69) is 5.10 Å². The molecule has 2 aromatic rings. The molecule has 0 spiro atoms. The number of aryl methyl sites for hydroxylation is 1. The molecule has 0 saturated carbocycles. The summed E-state index contributed by atoms with van der Waals surface area (Å²) >= 11 is 0. The molecular formula is C18H21N3O3. The van der Waals surface area contributed by atoms with Gasteiger partial charge in [-0.15, -0.1) is 0 Å². The van der Waals surface area contributed by atoms with Gasteiger partial charge in [0.1, 0.15) is 0 Å². The first-order valence-electron chi connectivity index (χ1n) is 8.17. The van der Waals surface area contributed by atoms with Gasteiger partial charge >= 0.3 is 5.97 Å². The largest absolute Gasteiger partial charge is 0.451 e. The predicted molar refractivity (Wildman–Crippen MR) is 90.0 cm³/mol. The molecule has 0 saturated heterocycles. The molecule has 0 fully saturated rings. The zero-order valence-electron chi connectivity index (χ0n) is 13.9. The van der Waals surface area contributed by atoms with Gasteiger partial charge in [0.2, 0.25) is 0 Å². The summed E-state index contributed by atoms with van der Waals surface area (Å²) in [5, 5.41) is 4.15. The molecule has 0 radical (unpaired) electrons. The van der Waals surface area contributed by atoms with Crippen molar-refractivity contribution >= 4 is 17.6 Å². The molecule has 1 amide bonds. The van der Waals surface area contributed by atoms with Gasteiger partial charge in [0.25, 0.3) is 5.91 Å². The van der Waals surface area contributed by atoms with Crippen LogP contribution in [-0.4, -0.2) is 34.8 Å². The summed E-state index contributed by atoms with van der Waals surface area (Å²) in [6.45, 7) is 4.32. The Labute approximate surface area is 141 Å². The maximum absolute atomic E-state index is 12.4. The highest BCUT2D eigenvalue weighted by Crippen LogP contribution is 2.26. The van der Waals surface area contributed by atoms with E-state index in [9.17, 15) is 9.59 Å². The van der Waals surface area contributed by atoms with E-state index in [1.54, 1.807) is 21.8 Å². The summed E-state index contributed by atoms with van der Waals surface area (Å²) in [6, 6.07) is 9.60. The molecular weight excluding hydrogens is 306 g/mol. The normalized spacial score (nSPS) is 13.7. The summed E-state index contributed by atoms with van der Waals surface area (Å²) < 4.78 is 6.83. The average molecular weight is 327 g/mol. The number of hydrogen-bond acceptors (Lipinski definition) is 4. The van der Waals surface area contributed by atoms with Gasteiger partial charge in [-0.25, -0.2) is 4.79 Å². The van der Waals surface area contributed by atoms with Crippen molar-refractivity contribution in [3.8, 4) is 0 Å². The van der Waals surface area contributed by atoms with Crippen LogP contribution in [0.5, 0.6) is 0 Å². The van der Waals surface area contributed by atoms with Gasteiger partial charge in [-0.3, -0.25) is 9.48 Å². The highest BCUT2D eigenvalue weighted by atomic mass is 16.5. The fourth-order valence-electron chi connectivity index (χ4n) is 2.81. The van der Waals surface area contributed by atoms with Gasteiger partial charge in [0.15, 0.2) is 12.3 Å². The Morgan fingerprint density at radius 1 is 1.25 bits per heavy atom. The number of amides is 1. The Kier molecular flexibility index (Phi) is 4.64.